The van der Waals surface area contributed by atoms with Crippen LogP contribution in [0.5, 0.6) is 0 Å². The van der Waals surface area contributed by atoms with Crippen molar-refractivity contribution in [3.05, 3.63) is 0 Å². The van der Waals surface area contributed by atoms with Gasteiger partial charge in [0.25, 0.3) is 0 Å². The topological polar surface area (TPSA) is 41.1 Å². The molecule has 15 heavy (non-hydrogen) atoms. The fourth-order valence-electron chi connectivity index (χ4n) is 2.78. The Morgan fingerprint density at radius 3 is 2.73 bits per heavy atom. The normalized spacial score (nSPS) is 32.1. The van der Waals surface area contributed by atoms with Gasteiger partial charge in [-0.3, -0.25) is 4.79 Å². The second-order valence-corrected chi connectivity index (χ2v) is 5.04. The van der Waals surface area contributed by atoms with Crippen LogP contribution in [0.3, 0.4) is 0 Å². The molecule has 2 rings (SSSR count). The van der Waals surface area contributed by atoms with Crippen LogP contribution in [-0.4, -0.2) is 25.5 Å². The molecular formula is C12H22N2O. The minimum absolute atomic E-state index is 0.0637. The van der Waals surface area contributed by atoms with Crippen molar-refractivity contribution in [1.29, 1.82) is 0 Å². The summed E-state index contributed by atoms with van der Waals surface area (Å²) in [5.74, 6) is 1.91. The molecule has 2 fully saturated rings. The Kier molecular flexibility index (Phi) is 3.62. The summed E-state index contributed by atoms with van der Waals surface area (Å²) >= 11 is 0. The Balaban J connectivity index is 1.78. The van der Waals surface area contributed by atoms with E-state index >= 15 is 0 Å². The van der Waals surface area contributed by atoms with Crippen molar-refractivity contribution < 1.29 is 4.79 Å². The Hall–Kier alpha value is -0.570. The highest BCUT2D eigenvalue weighted by Crippen LogP contribution is 2.35. The average Bonchev–Trinajstić information content (AvgIpc) is 2.23. The van der Waals surface area contributed by atoms with E-state index in [2.05, 4.69) is 10.6 Å². The number of amides is 1. The first kappa shape index (κ1) is 10.9. The maximum Gasteiger partial charge on any atom is 0.236 e. The summed E-state index contributed by atoms with van der Waals surface area (Å²) in [7, 11) is 1.72. The van der Waals surface area contributed by atoms with Gasteiger partial charge in [0.2, 0.25) is 5.91 Å². The number of carbonyl (C=O) groups is 1. The van der Waals surface area contributed by atoms with Crippen molar-refractivity contribution in [1.82, 2.24) is 10.6 Å². The number of hydrogen-bond acceptors (Lipinski definition) is 2. The van der Waals surface area contributed by atoms with Crippen LogP contribution in [0.2, 0.25) is 0 Å². The average molecular weight is 210 g/mol. The van der Waals surface area contributed by atoms with Crippen molar-refractivity contribution in [3.63, 3.8) is 0 Å². The maximum atomic E-state index is 11.5. The number of carbonyl (C=O) groups excluding carboxylic acids is 1. The van der Waals surface area contributed by atoms with Gasteiger partial charge in [0.1, 0.15) is 0 Å². The molecule has 1 saturated heterocycles. The van der Waals surface area contributed by atoms with Gasteiger partial charge in [-0.25, -0.2) is 0 Å². The van der Waals surface area contributed by atoms with Gasteiger partial charge in [0, 0.05) is 7.05 Å². The van der Waals surface area contributed by atoms with Crippen molar-refractivity contribution in [3.8, 4) is 0 Å². The minimum atomic E-state index is 0.0637. The van der Waals surface area contributed by atoms with Crippen LogP contribution in [0.25, 0.3) is 0 Å². The molecule has 0 aromatic carbocycles. The lowest BCUT2D eigenvalue weighted by atomic mass is 9.75. The molecule has 0 aromatic rings. The summed E-state index contributed by atoms with van der Waals surface area (Å²) in [5.41, 5.74) is 0. The van der Waals surface area contributed by atoms with Crippen molar-refractivity contribution in [2.75, 3.05) is 13.6 Å². The molecule has 0 spiro atoms. The summed E-state index contributed by atoms with van der Waals surface area (Å²) in [6.45, 7) is 1.01. The lowest BCUT2D eigenvalue weighted by Crippen LogP contribution is -2.48. The Morgan fingerprint density at radius 1 is 1.33 bits per heavy atom. The fourth-order valence-corrected chi connectivity index (χ4v) is 2.78. The second-order valence-electron chi connectivity index (χ2n) is 5.04. The quantitative estimate of drug-likeness (QED) is 0.737. The number of nitrogens with one attached hydrogen (secondary N) is 2. The van der Waals surface area contributed by atoms with E-state index in [0.717, 1.165) is 24.8 Å². The first-order valence-corrected chi connectivity index (χ1v) is 6.24. The summed E-state index contributed by atoms with van der Waals surface area (Å²) in [5, 5.41) is 6.03. The van der Waals surface area contributed by atoms with E-state index in [1.807, 2.05) is 0 Å². The molecule has 1 aliphatic heterocycles. The largest absolute Gasteiger partial charge is 0.358 e. The Labute approximate surface area is 92.0 Å². The molecule has 2 aliphatic rings. The third kappa shape index (κ3) is 2.71. The van der Waals surface area contributed by atoms with Crippen LogP contribution >= 0.6 is 0 Å². The second kappa shape index (κ2) is 4.97. The fraction of sp³-hybridized carbons (Fsp3) is 0.917. The molecule has 3 heteroatoms. The molecule has 2 unspecified atom stereocenters. The number of rotatable bonds is 3. The highest BCUT2D eigenvalue weighted by Gasteiger charge is 2.29. The first-order chi connectivity index (χ1) is 7.29. The molecule has 1 aliphatic carbocycles. The van der Waals surface area contributed by atoms with Gasteiger partial charge >= 0.3 is 0 Å². The Morgan fingerprint density at radius 2 is 2.13 bits per heavy atom. The molecule has 0 aromatic heterocycles. The highest BCUT2D eigenvalue weighted by atomic mass is 16.2. The molecule has 0 radical (unpaired) electrons. The minimum Gasteiger partial charge on any atom is -0.358 e. The monoisotopic (exact) mass is 210 g/mol. The van der Waals surface area contributed by atoms with Crippen LogP contribution in [-0.2, 0) is 4.79 Å². The number of hydrogen-bond donors (Lipinski definition) is 2. The van der Waals surface area contributed by atoms with Gasteiger partial charge in [0.15, 0.2) is 0 Å². The third-order valence-electron chi connectivity index (χ3n) is 3.97. The van der Waals surface area contributed by atoms with Gasteiger partial charge in [-0.1, -0.05) is 19.3 Å². The zero-order chi connectivity index (χ0) is 10.7. The zero-order valence-electron chi connectivity index (χ0n) is 9.59. The maximum absolute atomic E-state index is 11.5. The summed E-state index contributed by atoms with van der Waals surface area (Å²) in [6, 6.07) is 0.0637. The molecule has 1 saturated carbocycles. The van der Waals surface area contributed by atoms with Crippen LogP contribution in [0.4, 0.5) is 0 Å². The molecule has 3 nitrogen and oxygen atoms in total. The van der Waals surface area contributed by atoms with Gasteiger partial charge in [0.05, 0.1) is 6.04 Å². The van der Waals surface area contributed by atoms with Gasteiger partial charge < -0.3 is 10.6 Å². The predicted molar refractivity (Wildman–Crippen MR) is 60.5 cm³/mol. The lowest BCUT2D eigenvalue weighted by molar-refractivity contribution is -0.123. The van der Waals surface area contributed by atoms with E-state index in [1.165, 1.54) is 32.1 Å². The van der Waals surface area contributed by atoms with Crippen molar-refractivity contribution in [2.24, 2.45) is 11.8 Å². The number of piperidine rings is 1. The summed E-state index contributed by atoms with van der Waals surface area (Å²) < 4.78 is 0. The molecular weight excluding hydrogens is 188 g/mol. The van der Waals surface area contributed by atoms with E-state index in [1.54, 1.807) is 7.05 Å². The van der Waals surface area contributed by atoms with Crippen LogP contribution < -0.4 is 10.6 Å². The van der Waals surface area contributed by atoms with Gasteiger partial charge in [-0.05, 0) is 37.6 Å². The van der Waals surface area contributed by atoms with Crippen molar-refractivity contribution >= 4 is 5.91 Å². The summed E-state index contributed by atoms with van der Waals surface area (Å²) in [4.78, 5) is 11.5. The highest BCUT2D eigenvalue weighted by molar-refractivity contribution is 5.81. The SMILES string of the molecule is CNC(=O)C1CC(CC2CCC2)CCN1. The molecule has 1 heterocycles. The lowest BCUT2D eigenvalue weighted by Gasteiger charge is -2.34. The van der Waals surface area contributed by atoms with Crippen LogP contribution in [0.15, 0.2) is 0 Å². The van der Waals surface area contributed by atoms with E-state index in [4.69, 9.17) is 0 Å². The van der Waals surface area contributed by atoms with E-state index in [-0.39, 0.29) is 11.9 Å². The van der Waals surface area contributed by atoms with E-state index < -0.39 is 0 Å². The van der Waals surface area contributed by atoms with Gasteiger partial charge in [-0.15, -0.1) is 0 Å². The smallest absolute Gasteiger partial charge is 0.236 e. The van der Waals surface area contributed by atoms with E-state index in [9.17, 15) is 4.79 Å². The first-order valence-electron chi connectivity index (χ1n) is 6.24. The van der Waals surface area contributed by atoms with Crippen LogP contribution in [0.1, 0.15) is 38.5 Å². The molecule has 0 bridgehead atoms. The molecule has 2 N–H and O–H groups in total. The molecule has 2 atom stereocenters. The Bertz CT molecular complexity index is 226. The van der Waals surface area contributed by atoms with Crippen LogP contribution in [0, 0.1) is 11.8 Å². The molecule has 1 amide bonds. The van der Waals surface area contributed by atoms with Crippen molar-refractivity contribution in [2.45, 2.75) is 44.6 Å². The standard InChI is InChI=1S/C12H22N2O/c1-13-12(15)11-8-10(5-6-14-11)7-9-3-2-4-9/h9-11,14H,2-8H2,1H3,(H,13,15). The number of likely N-dealkylation sites (N-methyl/N-ethyl adjacent to an activating group) is 1. The summed E-state index contributed by atoms with van der Waals surface area (Å²) in [6.07, 6.45) is 7.92. The molecule has 86 valence electrons. The van der Waals surface area contributed by atoms with E-state index in [0.29, 0.717) is 0 Å². The zero-order valence-corrected chi connectivity index (χ0v) is 9.59. The predicted octanol–water partition coefficient (Wildman–Crippen LogP) is 1.29. The van der Waals surface area contributed by atoms with Gasteiger partial charge in [-0.2, -0.15) is 0 Å². The third-order valence-corrected chi connectivity index (χ3v) is 3.97.